The molecule has 28 heavy (non-hydrogen) atoms. The van der Waals surface area contributed by atoms with Gasteiger partial charge in [0.25, 0.3) is 5.91 Å². The van der Waals surface area contributed by atoms with E-state index in [0.29, 0.717) is 35.5 Å². The summed E-state index contributed by atoms with van der Waals surface area (Å²) < 4.78 is 13.6. The fourth-order valence-electron chi connectivity index (χ4n) is 2.69. The van der Waals surface area contributed by atoms with Crippen LogP contribution in [0.25, 0.3) is 0 Å². The number of halogens is 1. The summed E-state index contributed by atoms with van der Waals surface area (Å²) in [6, 6.07) is 16.8. The topological polar surface area (TPSA) is 71.1 Å². The highest BCUT2D eigenvalue weighted by atomic mass is 19.1. The highest BCUT2D eigenvalue weighted by molar-refractivity contribution is 5.95. The number of carbonyl (C=O) groups excluding carboxylic acids is 2. The SMILES string of the molecule is CC(=O)c1ccc(Nc2cc(C(=O)NCCc3ccccc3F)ccn2)cc1. The number of ketones is 1. The summed E-state index contributed by atoms with van der Waals surface area (Å²) in [5.41, 5.74) is 2.40. The Bertz CT molecular complexity index is 987. The fraction of sp³-hybridized carbons (Fsp3) is 0.136. The van der Waals surface area contributed by atoms with Gasteiger partial charge in [0.15, 0.2) is 5.78 Å². The van der Waals surface area contributed by atoms with E-state index in [1.807, 2.05) is 0 Å². The van der Waals surface area contributed by atoms with Gasteiger partial charge in [-0.2, -0.15) is 0 Å². The Morgan fingerprint density at radius 1 is 1.00 bits per heavy atom. The van der Waals surface area contributed by atoms with Crippen LogP contribution in [-0.2, 0) is 6.42 Å². The Labute approximate surface area is 162 Å². The first-order valence-corrected chi connectivity index (χ1v) is 8.88. The van der Waals surface area contributed by atoms with Crippen molar-refractivity contribution in [2.24, 2.45) is 0 Å². The average Bonchev–Trinajstić information content (AvgIpc) is 2.70. The number of benzene rings is 2. The fourth-order valence-corrected chi connectivity index (χ4v) is 2.69. The summed E-state index contributed by atoms with van der Waals surface area (Å²) in [5.74, 6) is -0.0206. The second-order valence-corrected chi connectivity index (χ2v) is 6.29. The molecular weight excluding hydrogens is 357 g/mol. The van der Waals surface area contributed by atoms with E-state index in [4.69, 9.17) is 0 Å². The third-order valence-electron chi connectivity index (χ3n) is 4.22. The van der Waals surface area contributed by atoms with Gasteiger partial charge < -0.3 is 10.6 Å². The lowest BCUT2D eigenvalue weighted by molar-refractivity contribution is 0.0953. The van der Waals surface area contributed by atoms with E-state index < -0.39 is 0 Å². The normalized spacial score (nSPS) is 10.4. The van der Waals surface area contributed by atoms with Crippen molar-refractivity contribution >= 4 is 23.2 Å². The molecule has 1 aromatic heterocycles. The Balaban J connectivity index is 1.59. The van der Waals surface area contributed by atoms with Gasteiger partial charge in [0.1, 0.15) is 11.6 Å². The zero-order chi connectivity index (χ0) is 19.9. The minimum absolute atomic E-state index is 0.00118. The van der Waals surface area contributed by atoms with E-state index >= 15 is 0 Å². The Hall–Kier alpha value is -3.54. The molecule has 0 unspecified atom stereocenters. The first kappa shape index (κ1) is 19.2. The van der Waals surface area contributed by atoms with E-state index in [2.05, 4.69) is 15.6 Å². The van der Waals surface area contributed by atoms with Crippen LogP contribution in [0.15, 0.2) is 66.9 Å². The van der Waals surface area contributed by atoms with Crippen LogP contribution < -0.4 is 10.6 Å². The third-order valence-corrected chi connectivity index (χ3v) is 4.22. The molecular formula is C22H20FN3O2. The predicted octanol–water partition coefficient (Wildman–Crippen LogP) is 4.14. The lowest BCUT2D eigenvalue weighted by Crippen LogP contribution is -2.26. The number of hydrogen-bond acceptors (Lipinski definition) is 4. The molecule has 6 heteroatoms. The maximum Gasteiger partial charge on any atom is 0.251 e. The van der Waals surface area contributed by atoms with Crippen LogP contribution in [-0.4, -0.2) is 23.2 Å². The zero-order valence-electron chi connectivity index (χ0n) is 15.4. The summed E-state index contributed by atoms with van der Waals surface area (Å²) >= 11 is 0. The lowest BCUT2D eigenvalue weighted by atomic mass is 10.1. The molecule has 2 aromatic carbocycles. The van der Waals surface area contributed by atoms with Gasteiger partial charge in [0, 0.05) is 29.6 Å². The number of nitrogens with one attached hydrogen (secondary N) is 2. The smallest absolute Gasteiger partial charge is 0.251 e. The van der Waals surface area contributed by atoms with Gasteiger partial charge in [0.05, 0.1) is 0 Å². The lowest BCUT2D eigenvalue weighted by Gasteiger charge is -2.09. The van der Waals surface area contributed by atoms with Crippen molar-refractivity contribution in [1.82, 2.24) is 10.3 Å². The van der Waals surface area contributed by atoms with Crippen molar-refractivity contribution < 1.29 is 14.0 Å². The van der Waals surface area contributed by atoms with Crippen molar-refractivity contribution in [2.45, 2.75) is 13.3 Å². The summed E-state index contributed by atoms with van der Waals surface area (Å²) in [6.07, 6.45) is 1.95. The van der Waals surface area contributed by atoms with E-state index in [-0.39, 0.29) is 17.5 Å². The number of aromatic nitrogens is 1. The third kappa shape index (κ3) is 5.01. The summed E-state index contributed by atoms with van der Waals surface area (Å²) in [6.45, 7) is 1.84. The van der Waals surface area contributed by atoms with Gasteiger partial charge >= 0.3 is 0 Å². The number of nitrogens with zero attached hydrogens (tertiary/aromatic N) is 1. The second-order valence-electron chi connectivity index (χ2n) is 6.29. The van der Waals surface area contributed by atoms with Crippen LogP contribution in [0.1, 0.15) is 33.2 Å². The maximum atomic E-state index is 13.6. The molecule has 3 aromatic rings. The van der Waals surface area contributed by atoms with Crippen molar-refractivity contribution in [1.29, 1.82) is 0 Å². The summed E-state index contributed by atoms with van der Waals surface area (Å²) in [4.78, 5) is 27.9. The first-order chi connectivity index (χ1) is 13.5. The molecule has 0 saturated heterocycles. The Morgan fingerprint density at radius 3 is 2.46 bits per heavy atom. The maximum absolute atomic E-state index is 13.6. The molecule has 142 valence electrons. The molecule has 0 aliphatic carbocycles. The minimum atomic E-state index is -0.275. The van der Waals surface area contributed by atoms with E-state index in [1.54, 1.807) is 54.6 Å². The molecule has 0 aliphatic heterocycles. The number of anilines is 2. The molecule has 0 atom stereocenters. The molecule has 3 rings (SSSR count). The zero-order valence-corrected chi connectivity index (χ0v) is 15.4. The van der Waals surface area contributed by atoms with Crippen LogP contribution in [0.2, 0.25) is 0 Å². The van der Waals surface area contributed by atoms with Crippen LogP contribution in [0.5, 0.6) is 0 Å². The van der Waals surface area contributed by atoms with E-state index in [1.165, 1.54) is 19.2 Å². The van der Waals surface area contributed by atoms with E-state index in [0.717, 1.165) is 5.69 Å². The van der Waals surface area contributed by atoms with Crippen molar-refractivity contribution in [3.8, 4) is 0 Å². The van der Waals surface area contributed by atoms with Gasteiger partial charge in [-0.05, 0) is 61.4 Å². The summed E-state index contributed by atoms with van der Waals surface area (Å²) in [7, 11) is 0. The average molecular weight is 377 g/mol. The van der Waals surface area contributed by atoms with Crippen molar-refractivity contribution in [3.63, 3.8) is 0 Å². The second kappa shape index (κ2) is 8.90. The number of hydrogen-bond donors (Lipinski definition) is 2. The quantitative estimate of drug-likeness (QED) is 0.607. The monoisotopic (exact) mass is 377 g/mol. The van der Waals surface area contributed by atoms with Gasteiger partial charge in [-0.1, -0.05) is 18.2 Å². The molecule has 0 radical (unpaired) electrons. The predicted molar refractivity (Wildman–Crippen MR) is 106 cm³/mol. The highest BCUT2D eigenvalue weighted by Crippen LogP contribution is 2.16. The van der Waals surface area contributed by atoms with Crippen LogP contribution in [0, 0.1) is 5.82 Å². The molecule has 0 bridgehead atoms. The van der Waals surface area contributed by atoms with Crippen molar-refractivity contribution in [2.75, 3.05) is 11.9 Å². The molecule has 0 fully saturated rings. The van der Waals surface area contributed by atoms with Crippen LogP contribution in [0.4, 0.5) is 15.9 Å². The largest absolute Gasteiger partial charge is 0.352 e. The standard InChI is InChI=1S/C22H20FN3O2/c1-15(27)16-6-8-19(9-7-16)26-21-14-18(11-12-24-21)22(28)25-13-10-17-4-2-3-5-20(17)23/h2-9,11-12,14H,10,13H2,1H3,(H,24,26)(H,25,28). The molecule has 0 spiro atoms. The molecule has 2 N–H and O–H groups in total. The molecule has 1 heterocycles. The first-order valence-electron chi connectivity index (χ1n) is 8.88. The Kier molecular flexibility index (Phi) is 6.11. The molecule has 5 nitrogen and oxygen atoms in total. The number of pyridine rings is 1. The number of Topliss-reactive ketones (excluding diaryl/α,β-unsaturated/α-hetero) is 1. The van der Waals surface area contributed by atoms with Gasteiger partial charge in [-0.15, -0.1) is 0 Å². The van der Waals surface area contributed by atoms with Crippen LogP contribution in [0.3, 0.4) is 0 Å². The van der Waals surface area contributed by atoms with Gasteiger partial charge in [-0.25, -0.2) is 9.37 Å². The highest BCUT2D eigenvalue weighted by Gasteiger charge is 2.08. The number of amides is 1. The molecule has 0 aliphatic rings. The molecule has 1 amide bonds. The van der Waals surface area contributed by atoms with Crippen molar-refractivity contribution in [3.05, 3.63) is 89.4 Å². The number of carbonyl (C=O) groups is 2. The molecule has 0 saturated carbocycles. The Morgan fingerprint density at radius 2 is 1.75 bits per heavy atom. The van der Waals surface area contributed by atoms with E-state index in [9.17, 15) is 14.0 Å². The minimum Gasteiger partial charge on any atom is -0.352 e. The van der Waals surface area contributed by atoms with Gasteiger partial charge in [-0.3, -0.25) is 9.59 Å². The van der Waals surface area contributed by atoms with Gasteiger partial charge in [0.2, 0.25) is 0 Å². The number of rotatable bonds is 7. The summed E-state index contributed by atoms with van der Waals surface area (Å²) in [5, 5.41) is 5.89. The van der Waals surface area contributed by atoms with Crippen LogP contribution >= 0.6 is 0 Å².